The highest BCUT2D eigenvalue weighted by Crippen LogP contribution is 2.17. The summed E-state index contributed by atoms with van der Waals surface area (Å²) >= 11 is 7.58. The number of thioether (sulfide) groups is 1. The number of carbonyl (C=O) groups is 1. The molecule has 1 fully saturated rings. The first-order valence-electron chi connectivity index (χ1n) is 4.22. The summed E-state index contributed by atoms with van der Waals surface area (Å²) in [6, 6.07) is 0.361. The average Bonchev–Trinajstić information content (AvgIpc) is 2.06. The number of rotatable bonds is 2. The molecule has 0 aliphatic carbocycles. The number of alkyl halides is 1. The maximum Gasteiger partial charge on any atom is 0.237 e. The van der Waals surface area contributed by atoms with Crippen LogP contribution in [0.2, 0.25) is 0 Å². The SMILES string of the molecule is CC(Cl)C(=O)NC1CCSCC1. The van der Waals surface area contributed by atoms with Gasteiger partial charge in [-0.05, 0) is 31.3 Å². The van der Waals surface area contributed by atoms with Crippen LogP contribution in [-0.2, 0) is 4.79 Å². The molecule has 1 aliphatic rings. The molecule has 1 amide bonds. The molecule has 0 bridgehead atoms. The van der Waals surface area contributed by atoms with Gasteiger partial charge in [-0.2, -0.15) is 11.8 Å². The zero-order valence-corrected chi connectivity index (χ0v) is 8.75. The molecular formula is C8H14ClNOS. The Morgan fingerprint density at radius 2 is 2.17 bits per heavy atom. The van der Waals surface area contributed by atoms with Gasteiger partial charge in [0.2, 0.25) is 5.91 Å². The summed E-state index contributed by atoms with van der Waals surface area (Å²) in [5, 5.41) is 2.53. The highest BCUT2D eigenvalue weighted by molar-refractivity contribution is 7.99. The fourth-order valence-electron chi connectivity index (χ4n) is 1.16. The summed E-state index contributed by atoms with van der Waals surface area (Å²) in [4.78, 5) is 11.2. The van der Waals surface area contributed by atoms with Gasteiger partial charge in [0.15, 0.2) is 0 Å². The number of nitrogens with one attached hydrogen (secondary N) is 1. The summed E-state index contributed by atoms with van der Waals surface area (Å²) in [6.45, 7) is 1.70. The third kappa shape index (κ3) is 3.23. The Hall–Kier alpha value is 0.110. The van der Waals surface area contributed by atoms with E-state index < -0.39 is 5.38 Å². The molecule has 12 heavy (non-hydrogen) atoms. The standard InChI is InChI=1S/C8H14ClNOS/c1-6(9)8(11)10-7-2-4-12-5-3-7/h6-7H,2-5H2,1H3,(H,10,11). The molecule has 1 saturated heterocycles. The van der Waals surface area contributed by atoms with Crippen molar-refractivity contribution in [3.63, 3.8) is 0 Å². The molecule has 0 saturated carbocycles. The molecule has 1 N–H and O–H groups in total. The average molecular weight is 208 g/mol. The predicted octanol–water partition coefficient (Wildman–Crippen LogP) is 1.63. The minimum atomic E-state index is -0.403. The number of halogens is 1. The zero-order chi connectivity index (χ0) is 8.97. The number of hydrogen-bond acceptors (Lipinski definition) is 2. The highest BCUT2D eigenvalue weighted by atomic mass is 35.5. The maximum atomic E-state index is 11.2. The Morgan fingerprint density at radius 1 is 1.58 bits per heavy atom. The fraction of sp³-hybridized carbons (Fsp3) is 0.875. The van der Waals surface area contributed by atoms with E-state index in [0.29, 0.717) is 6.04 Å². The monoisotopic (exact) mass is 207 g/mol. The molecule has 0 aromatic rings. The largest absolute Gasteiger partial charge is 0.352 e. The Balaban J connectivity index is 2.24. The van der Waals surface area contributed by atoms with Crippen molar-refractivity contribution in [1.82, 2.24) is 5.32 Å². The summed E-state index contributed by atoms with van der Waals surface area (Å²) < 4.78 is 0. The second-order valence-corrected chi connectivity index (χ2v) is 4.89. The van der Waals surface area contributed by atoms with Crippen LogP contribution >= 0.6 is 23.4 Å². The molecule has 0 aromatic carbocycles. The fourth-order valence-corrected chi connectivity index (χ4v) is 2.33. The van der Waals surface area contributed by atoms with Gasteiger partial charge in [-0.1, -0.05) is 0 Å². The molecule has 1 unspecified atom stereocenters. The highest BCUT2D eigenvalue weighted by Gasteiger charge is 2.17. The Kier molecular flexibility index (Phi) is 4.22. The summed E-state index contributed by atoms with van der Waals surface area (Å²) in [7, 11) is 0. The van der Waals surface area contributed by atoms with E-state index in [4.69, 9.17) is 11.6 Å². The van der Waals surface area contributed by atoms with Crippen LogP contribution in [0, 0.1) is 0 Å². The van der Waals surface area contributed by atoms with Crippen LogP contribution in [-0.4, -0.2) is 28.8 Å². The molecular weight excluding hydrogens is 194 g/mol. The third-order valence-electron chi connectivity index (χ3n) is 1.93. The van der Waals surface area contributed by atoms with Gasteiger partial charge in [-0.3, -0.25) is 4.79 Å². The van der Waals surface area contributed by atoms with Gasteiger partial charge in [-0.15, -0.1) is 11.6 Å². The zero-order valence-electron chi connectivity index (χ0n) is 7.18. The van der Waals surface area contributed by atoms with E-state index in [2.05, 4.69) is 5.32 Å². The second kappa shape index (κ2) is 4.97. The van der Waals surface area contributed by atoms with Gasteiger partial charge in [0.05, 0.1) is 0 Å². The number of hydrogen-bond donors (Lipinski definition) is 1. The quantitative estimate of drug-likeness (QED) is 0.698. The molecule has 0 radical (unpaired) electrons. The van der Waals surface area contributed by atoms with Crippen molar-refractivity contribution in [2.45, 2.75) is 31.2 Å². The Labute approximate surface area is 82.4 Å². The van der Waals surface area contributed by atoms with E-state index in [1.807, 2.05) is 11.8 Å². The van der Waals surface area contributed by atoms with Gasteiger partial charge in [0, 0.05) is 6.04 Å². The van der Waals surface area contributed by atoms with Crippen LogP contribution in [0.3, 0.4) is 0 Å². The number of carbonyl (C=O) groups excluding carboxylic acids is 1. The van der Waals surface area contributed by atoms with Crippen LogP contribution in [0.25, 0.3) is 0 Å². The minimum Gasteiger partial charge on any atom is -0.352 e. The van der Waals surface area contributed by atoms with Gasteiger partial charge >= 0.3 is 0 Å². The third-order valence-corrected chi connectivity index (χ3v) is 3.18. The van der Waals surface area contributed by atoms with Gasteiger partial charge in [0.25, 0.3) is 0 Å². The van der Waals surface area contributed by atoms with Crippen molar-refractivity contribution in [1.29, 1.82) is 0 Å². The summed E-state index contributed by atoms with van der Waals surface area (Å²) in [6.07, 6.45) is 2.17. The lowest BCUT2D eigenvalue weighted by atomic mass is 10.1. The maximum absolute atomic E-state index is 11.2. The molecule has 70 valence electrons. The van der Waals surface area contributed by atoms with E-state index in [1.54, 1.807) is 6.92 Å². The minimum absolute atomic E-state index is 0.0337. The summed E-state index contributed by atoms with van der Waals surface area (Å²) in [5.41, 5.74) is 0. The van der Waals surface area contributed by atoms with Gasteiger partial charge in [0.1, 0.15) is 5.38 Å². The lowest BCUT2D eigenvalue weighted by molar-refractivity contribution is -0.121. The molecule has 4 heteroatoms. The molecule has 2 nitrogen and oxygen atoms in total. The lowest BCUT2D eigenvalue weighted by Crippen LogP contribution is -2.40. The topological polar surface area (TPSA) is 29.1 Å². The van der Waals surface area contributed by atoms with Gasteiger partial charge < -0.3 is 5.32 Å². The van der Waals surface area contributed by atoms with Crippen molar-refractivity contribution < 1.29 is 4.79 Å². The normalized spacial score (nSPS) is 21.8. The molecule has 1 atom stereocenters. The van der Waals surface area contributed by atoms with E-state index in [-0.39, 0.29) is 5.91 Å². The van der Waals surface area contributed by atoms with E-state index in [0.717, 1.165) is 24.3 Å². The van der Waals surface area contributed by atoms with Crippen LogP contribution in [0.4, 0.5) is 0 Å². The molecule has 0 aromatic heterocycles. The molecule has 0 spiro atoms. The molecule has 1 rings (SSSR count). The second-order valence-electron chi connectivity index (χ2n) is 3.01. The Bertz CT molecular complexity index is 157. The van der Waals surface area contributed by atoms with Crippen molar-refractivity contribution in [3.8, 4) is 0 Å². The van der Waals surface area contributed by atoms with Crippen molar-refractivity contribution in [2.24, 2.45) is 0 Å². The van der Waals surface area contributed by atoms with E-state index >= 15 is 0 Å². The van der Waals surface area contributed by atoms with Gasteiger partial charge in [-0.25, -0.2) is 0 Å². The van der Waals surface area contributed by atoms with Crippen LogP contribution in [0.1, 0.15) is 19.8 Å². The smallest absolute Gasteiger partial charge is 0.237 e. The van der Waals surface area contributed by atoms with E-state index in [9.17, 15) is 4.79 Å². The predicted molar refractivity (Wildman–Crippen MR) is 53.8 cm³/mol. The lowest BCUT2D eigenvalue weighted by Gasteiger charge is -2.22. The van der Waals surface area contributed by atoms with E-state index in [1.165, 1.54) is 0 Å². The first-order chi connectivity index (χ1) is 5.70. The molecule has 1 heterocycles. The van der Waals surface area contributed by atoms with Crippen molar-refractivity contribution in [3.05, 3.63) is 0 Å². The van der Waals surface area contributed by atoms with Crippen LogP contribution < -0.4 is 5.32 Å². The van der Waals surface area contributed by atoms with Crippen LogP contribution in [0.15, 0.2) is 0 Å². The first-order valence-corrected chi connectivity index (χ1v) is 5.81. The van der Waals surface area contributed by atoms with Crippen molar-refractivity contribution in [2.75, 3.05) is 11.5 Å². The van der Waals surface area contributed by atoms with Crippen LogP contribution in [0.5, 0.6) is 0 Å². The summed E-state index contributed by atoms with van der Waals surface area (Å²) in [5.74, 6) is 2.28. The molecule has 1 aliphatic heterocycles. The Morgan fingerprint density at radius 3 is 2.67 bits per heavy atom. The first kappa shape index (κ1) is 10.2. The van der Waals surface area contributed by atoms with Crippen molar-refractivity contribution >= 4 is 29.3 Å². The number of amides is 1.